The van der Waals surface area contributed by atoms with Gasteiger partial charge in [-0.1, -0.05) is 35.4 Å². The topological polar surface area (TPSA) is 49.4 Å². The Balaban J connectivity index is 2.01. The number of halogens is 1. The second-order valence-electron chi connectivity index (χ2n) is 5.72. The standard InChI is InChI=1S/C19H21ClN2O2/c1-13-7-9-16(10-8-13)22(15(3)23)12-11-19(24)21-18-6-4-5-17(20)14(18)2/h4-10H,11-12H2,1-3H3,(H,21,24). The second kappa shape index (κ2) is 7.97. The lowest BCUT2D eigenvalue weighted by molar-refractivity contribution is -0.117. The minimum atomic E-state index is -0.154. The van der Waals surface area contributed by atoms with Gasteiger partial charge in [-0.25, -0.2) is 0 Å². The Morgan fingerprint density at radius 1 is 1.08 bits per heavy atom. The van der Waals surface area contributed by atoms with Gasteiger partial charge in [-0.15, -0.1) is 0 Å². The summed E-state index contributed by atoms with van der Waals surface area (Å²) in [5.41, 5.74) is 3.43. The number of carbonyl (C=O) groups is 2. The van der Waals surface area contributed by atoms with Gasteiger partial charge in [-0.05, 0) is 43.7 Å². The molecule has 0 saturated heterocycles. The average molecular weight is 345 g/mol. The molecule has 126 valence electrons. The van der Waals surface area contributed by atoms with E-state index in [4.69, 9.17) is 11.6 Å². The van der Waals surface area contributed by atoms with Crippen molar-refractivity contribution < 1.29 is 9.59 Å². The summed E-state index contributed by atoms with van der Waals surface area (Å²) < 4.78 is 0. The third kappa shape index (κ3) is 4.59. The van der Waals surface area contributed by atoms with Gasteiger partial charge in [0, 0.05) is 36.3 Å². The van der Waals surface area contributed by atoms with E-state index in [9.17, 15) is 9.59 Å². The normalized spacial score (nSPS) is 10.3. The van der Waals surface area contributed by atoms with Crippen LogP contribution in [0.1, 0.15) is 24.5 Å². The first-order valence-corrected chi connectivity index (χ1v) is 8.16. The molecular formula is C19H21ClN2O2. The fourth-order valence-corrected chi connectivity index (χ4v) is 2.54. The Bertz CT molecular complexity index is 742. The zero-order valence-corrected chi connectivity index (χ0v) is 14.9. The number of nitrogens with one attached hydrogen (secondary N) is 1. The average Bonchev–Trinajstić information content (AvgIpc) is 2.53. The molecule has 2 rings (SSSR count). The molecule has 0 saturated carbocycles. The smallest absolute Gasteiger partial charge is 0.226 e. The number of rotatable bonds is 5. The summed E-state index contributed by atoms with van der Waals surface area (Å²) in [4.78, 5) is 25.7. The molecule has 2 aromatic rings. The highest BCUT2D eigenvalue weighted by atomic mass is 35.5. The lowest BCUT2D eigenvalue weighted by atomic mass is 10.2. The summed E-state index contributed by atoms with van der Waals surface area (Å²) in [6.45, 7) is 5.66. The van der Waals surface area contributed by atoms with E-state index in [0.29, 0.717) is 17.3 Å². The van der Waals surface area contributed by atoms with Crippen LogP contribution in [0.3, 0.4) is 0 Å². The number of hydrogen-bond acceptors (Lipinski definition) is 2. The van der Waals surface area contributed by atoms with Gasteiger partial charge in [0.1, 0.15) is 0 Å². The molecule has 0 aliphatic heterocycles. The zero-order valence-electron chi connectivity index (χ0n) is 14.1. The van der Waals surface area contributed by atoms with E-state index in [1.54, 1.807) is 17.0 Å². The van der Waals surface area contributed by atoms with Crippen molar-refractivity contribution in [3.63, 3.8) is 0 Å². The summed E-state index contributed by atoms with van der Waals surface area (Å²) in [6.07, 6.45) is 0.208. The Morgan fingerprint density at radius 2 is 1.75 bits per heavy atom. The molecule has 24 heavy (non-hydrogen) atoms. The van der Waals surface area contributed by atoms with Crippen LogP contribution in [0.2, 0.25) is 5.02 Å². The molecule has 0 aliphatic rings. The Kier molecular flexibility index (Phi) is 5.99. The summed E-state index contributed by atoms with van der Waals surface area (Å²) in [7, 11) is 0. The Labute approximate surface area is 147 Å². The van der Waals surface area contributed by atoms with Gasteiger partial charge in [0.15, 0.2) is 0 Å². The maximum absolute atomic E-state index is 12.2. The molecular weight excluding hydrogens is 324 g/mol. The lowest BCUT2D eigenvalue weighted by Crippen LogP contribution is -2.32. The van der Waals surface area contributed by atoms with Crippen LogP contribution in [0.15, 0.2) is 42.5 Å². The van der Waals surface area contributed by atoms with Gasteiger partial charge in [0.25, 0.3) is 0 Å². The van der Waals surface area contributed by atoms with Gasteiger partial charge < -0.3 is 10.2 Å². The molecule has 0 heterocycles. The number of anilines is 2. The number of nitrogens with zero attached hydrogens (tertiary/aromatic N) is 1. The van der Waals surface area contributed by atoms with E-state index < -0.39 is 0 Å². The summed E-state index contributed by atoms with van der Waals surface area (Å²) in [5.74, 6) is -0.246. The molecule has 0 atom stereocenters. The minimum Gasteiger partial charge on any atom is -0.326 e. The van der Waals surface area contributed by atoms with Crippen LogP contribution in [0.4, 0.5) is 11.4 Å². The molecule has 1 N–H and O–H groups in total. The molecule has 0 radical (unpaired) electrons. The number of hydrogen-bond donors (Lipinski definition) is 1. The quantitative estimate of drug-likeness (QED) is 0.877. The van der Waals surface area contributed by atoms with E-state index in [1.165, 1.54) is 6.92 Å². The van der Waals surface area contributed by atoms with Crippen LogP contribution in [0.25, 0.3) is 0 Å². The van der Waals surface area contributed by atoms with Gasteiger partial charge in [-0.2, -0.15) is 0 Å². The van der Waals surface area contributed by atoms with E-state index in [-0.39, 0.29) is 18.2 Å². The van der Waals surface area contributed by atoms with Gasteiger partial charge in [0.2, 0.25) is 11.8 Å². The fraction of sp³-hybridized carbons (Fsp3) is 0.263. The van der Waals surface area contributed by atoms with Crippen LogP contribution in [-0.4, -0.2) is 18.4 Å². The molecule has 2 amide bonds. The monoisotopic (exact) mass is 344 g/mol. The van der Waals surface area contributed by atoms with Gasteiger partial charge in [-0.3, -0.25) is 9.59 Å². The zero-order chi connectivity index (χ0) is 17.7. The first-order chi connectivity index (χ1) is 11.4. The van der Waals surface area contributed by atoms with Crippen molar-refractivity contribution in [1.29, 1.82) is 0 Å². The summed E-state index contributed by atoms with van der Waals surface area (Å²) in [5, 5.41) is 3.45. The first-order valence-electron chi connectivity index (χ1n) is 7.78. The second-order valence-corrected chi connectivity index (χ2v) is 6.12. The molecule has 0 aromatic heterocycles. The van der Waals surface area contributed by atoms with Crippen LogP contribution < -0.4 is 10.2 Å². The van der Waals surface area contributed by atoms with Crippen LogP contribution >= 0.6 is 11.6 Å². The van der Waals surface area contributed by atoms with Gasteiger partial charge >= 0.3 is 0 Å². The predicted molar refractivity (Wildman–Crippen MR) is 98.6 cm³/mol. The molecule has 0 unspecified atom stereocenters. The number of aryl methyl sites for hydroxylation is 1. The maximum atomic E-state index is 12.2. The SMILES string of the molecule is CC(=O)N(CCC(=O)Nc1cccc(Cl)c1C)c1ccc(C)cc1. The summed E-state index contributed by atoms with van der Waals surface area (Å²) >= 11 is 6.05. The van der Waals surface area contributed by atoms with E-state index in [0.717, 1.165) is 16.8 Å². The van der Waals surface area contributed by atoms with Crippen molar-refractivity contribution in [1.82, 2.24) is 0 Å². The van der Waals surface area contributed by atoms with E-state index in [1.807, 2.05) is 44.2 Å². The van der Waals surface area contributed by atoms with Crippen LogP contribution in [0.5, 0.6) is 0 Å². The lowest BCUT2D eigenvalue weighted by Gasteiger charge is -2.21. The first kappa shape index (κ1) is 18.0. The number of amides is 2. The van der Waals surface area contributed by atoms with Crippen molar-refractivity contribution in [2.75, 3.05) is 16.8 Å². The highest BCUT2D eigenvalue weighted by molar-refractivity contribution is 6.31. The molecule has 0 bridgehead atoms. The summed E-state index contributed by atoms with van der Waals surface area (Å²) in [6, 6.07) is 13.0. The molecule has 0 fully saturated rings. The van der Waals surface area contributed by atoms with Crippen molar-refractivity contribution >= 4 is 34.8 Å². The van der Waals surface area contributed by atoms with E-state index in [2.05, 4.69) is 5.32 Å². The van der Waals surface area contributed by atoms with Crippen molar-refractivity contribution in [3.8, 4) is 0 Å². The molecule has 0 aliphatic carbocycles. The predicted octanol–water partition coefficient (Wildman–Crippen LogP) is 4.34. The fourth-order valence-electron chi connectivity index (χ4n) is 2.36. The van der Waals surface area contributed by atoms with Gasteiger partial charge in [0.05, 0.1) is 0 Å². The molecule has 2 aromatic carbocycles. The van der Waals surface area contributed by atoms with E-state index >= 15 is 0 Å². The molecule has 4 nitrogen and oxygen atoms in total. The van der Waals surface area contributed by atoms with Crippen molar-refractivity contribution in [3.05, 3.63) is 58.6 Å². The maximum Gasteiger partial charge on any atom is 0.226 e. The third-order valence-electron chi connectivity index (χ3n) is 3.83. The molecule has 0 spiro atoms. The van der Waals surface area contributed by atoms with Crippen molar-refractivity contribution in [2.24, 2.45) is 0 Å². The highest BCUT2D eigenvalue weighted by Crippen LogP contribution is 2.23. The largest absolute Gasteiger partial charge is 0.326 e. The third-order valence-corrected chi connectivity index (χ3v) is 4.24. The number of benzene rings is 2. The van der Waals surface area contributed by atoms with Crippen LogP contribution in [0, 0.1) is 13.8 Å². The Hall–Kier alpha value is -2.33. The Morgan fingerprint density at radius 3 is 2.38 bits per heavy atom. The van der Waals surface area contributed by atoms with Crippen LogP contribution in [-0.2, 0) is 9.59 Å². The minimum absolute atomic E-state index is 0.0920. The molecule has 5 heteroatoms. The van der Waals surface area contributed by atoms with Crippen molar-refractivity contribution in [2.45, 2.75) is 27.2 Å². The highest BCUT2D eigenvalue weighted by Gasteiger charge is 2.14. The number of carbonyl (C=O) groups excluding carboxylic acids is 2.